The minimum absolute atomic E-state index is 0.0225. The molecule has 1 spiro atoms. The zero-order chi connectivity index (χ0) is 16.7. The third-order valence-corrected chi connectivity index (χ3v) is 4.36. The number of hydrogen-bond donors (Lipinski definition) is 0. The molecule has 0 bridgehead atoms. The Kier molecular flexibility index (Phi) is 3.85. The smallest absolute Gasteiger partial charge is 0.269 e. The number of amides is 1. The molecule has 2 aliphatic rings. The van der Waals surface area contributed by atoms with Crippen LogP contribution in [0.5, 0.6) is 0 Å². The van der Waals surface area contributed by atoms with Crippen LogP contribution in [0, 0.1) is 15.5 Å². The van der Waals surface area contributed by atoms with E-state index < -0.39 is 10.7 Å². The van der Waals surface area contributed by atoms with Crippen LogP contribution in [0.25, 0.3) is 0 Å². The Morgan fingerprint density at radius 3 is 2.30 bits per heavy atom. The Morgan fingerprint density at radius 1 is 1.22 bits per heavy atom. The zero-order valence-corrected chi connectivity index (χ0v) is 13.3. The molecule has 0 saturated carbocycles. The number of carbonyl (C=O) groups is 1. The van der Waals surface area contributed by atoms with E-state index in [4.69, 9.17) is 9.47 Å². The lowest BCUT2D eigenvalue weighted by atomic mass is 9.80. The maximum Gasteiger partial charge on any atom is 0.269 e. The van der Waals surface area contributed by atoms with Gasteiger partial charge in [-0.15, -0.1) is 0 Å². The van der Waals surface area contributed by atoms with Gasteiger partial charge in [-0.2, -0.15) is 0 Å². The minimum atomic E-state index is -0.547. The lowest BCUT2D eigenvalue weighted by molar-refractivity contribution is -0.384. The number of hydrogen-bond acceptors (Lipinski definition) is 5. The molecule has 1 aromatic carbocycles. The first-order valence-electron chi connectivity index (χ1n) is 7.58. The third-order valence-electron chi connectivity index (χ3n) is 4.36. The summed E-state index contributed by atoms with van der Waals surface area (Å²) in [5.41, 5.74) is 0.725. The highest BCUT2D eigenvalue weighted by Crippen LogP contribution is 2.37. The van der Waals surface area contributed by atoms with Gasteiger partial charge in [0, 0.05) is 25.2 Å². The average Bonchev–Trinajstić information content (AvgIpc) is 2.46. The first-order chi connectivity index (χ1) is 10.8. The van der Waals surface area contributed by atoms with Crippen LogP contribution in [0.1, 0.15) is 19.4 Å². The minimum Gasteiger partial charge on any atom is -0.350 e. The maximum absolute atomic E-state index is 12.3. The number of likely N-dealkylation sites (tertiary alicyclic amines) is 1. The van der Waals surface area contributed by atoms with E-state index >= 15 is 0 Å². The average molecular weight is 320 g/mol. The standard InChI is InChI=1S/C16H20N2O5/c1-15(2)22-10-16(11-23-15)8-17(9-16)14(19)7-12-3-5-13(6-4-12)18(20)21/h3-6H,7-11H2,1-2H3. The normalized spacial score (nSPS) is 21.7. The maximum atomic E-state index is 12.3. The van der Waals surface area contributed by atoms with Crippen LogP contribution < -0.4 is 0 Å². The molecule has 0 radical (unpaired) electrons. The highest BCUT2D eigenvalue weighted by atomic mass is 16.7. The Hall–Kier alpha value is -1.99. The van der Waals surface area contributed by atoms with E-state index in [-0.39, 0.29) is 23.4 Å². The van der Waals surface area contributed by atoms with E-state index in [1.165, 1.54) is 12.1 Å². The van der Waals surface area contributed by atoms with E-state index in [2.05, 4.69) is 0 Å². The Morgan fingerprint density at radius 2 is 1.78 bits per heavy atom. The van der Waals surface area contributed by atoms with E-state index in [1.54, 1.807) is 17.0 Å². The number of carbonyl (C=O) groups excluding carboxylic acids is 1. The van der Waals surface area contributed by atoms with Crippen molar-refractivity contribution >= 4 is 11.6 Å². The SMILES string of the molecule is CC1(C)OCC2(CO1)CN(C(=O)Cc1ccc([N+](=O)[O-])cc1)C2. The zero-order valence-electron chi connectivity index (χ0n) is 13.3. The fraction of sp³-hybridized carbons (Fsp3) is 0.562. The van der Waals surface area contributed by atoms with Gasteiger partial charge in [0.25, 0.3) is 5.69 Å². The van der Waals surface area contributed by atoms with Gasteiger partial charge in [0.2, 0.25) is 5.91 Å². The van der Waals surface area contributed by atoms with E-state index in [0.29, 0.717) is 26.3 Å². The molecular formula is C16H20N2O5. The molecule has 1 aromatic rings. The van der Waals surface area contributed by atoms with E-state index in [0.717, 1.165) is 5.56 Å². The van der Waals surface area contributed by atoms with Gasteiger partial charge in [0.1, 0.15) is 0 Å². The summed E-state index contributed by atoms with van der Waals surface area (Å²) in [4.78, 5) is 24.2. The van der Waals surface area contributed by atoms with Crippen molar-refractivity contribution in [3.8, 4) is 0 Å². The summed E-state index contributed by atoms with van der Waals surface area (Å²) in [5, 5.41) is 10.6. The highest BCUT2D eigenvalue weighted by molar-refractivity contribution is 5.79. The number of benzene rings is 1. The molecule has 3 rings (SSSR count). The van der Waals surface area contributed by atoms with E-state index in [1.807, 2.05) is 13.8 Å². The van der Waals surface area contributed by atoms with Crippen molar-refractivity contribution in [3.05, 3.63) is 39.9 Å². The van der Waals surface area contributed by atoms with Crippen molar-refractivity contribution in [1.82, 2.24) is 4.90 Å². The van der Waals surface area contributed by atoms with Gasteiger partial charge in [-0.1, -0.05) is 12.1 Å². The van der Waals surface area contributed by atoms with Crippen LogP contribution in [0.3, 0.4) is 0 Å². The highest BCUT2D eigenvalue weighted by Gasteiger charge is 2.49. The lowest BCUT2D eigenvalue weighted by Crippen LogP contribution is -2.66. The fourth-order valence-corrected chi connectivity index (χ4v) is 2.88. The van der Waals surface area contributed by atoms with Crippen LogP contribution in [-0.2, 0) is 20.7 Å². The fourth-order valence-electron chi connectivity index (χ4n) is 2.88. The summed E-state index contributed by atoms with van der Waals surface area (Å²) in [5.74, 6) is -0.525. The van der Waals surface area contributed by atoms with Crippen molar-refractivity contribution in [2.24, 2.45) is 5.41 Å². The monoisotopic (exact) mass is 320 g/mol. The van der Waals surface area contributed by atoms with Crippen molar-refractivity contribution in [3.63, 3.8) is 0 Å². The summed E-state index contributed by atoms with van der Waals surface area (Å²) >= 11 is 0. The van der Waals surface area contributed by atoms with E-state index in [9.17, 15) is 14.9 Å². The van der Waals surface area contributed by atoms with Crippen LogP contribution in [-0.4, -0.2) is 47.8 Å². The Bertz CT molecular complexity index is 608. The molecule has 7 heteroatoms. The van der Waals surface area contributed by atoms with Gasteiger partial charge >= 0.3 is 0 Å². The molecule has 7 nitrogen and oxygen atoms in total. The number of nitro groups is 1. The molecule has 2 aliphatic heterocycles. The molecule has 0 aliphatic carbocycles. The largest absolute Gasteiger partial charge is 0.350 e. The van der Waals surface area contributed by atoms with Gasteiger partial charge < -0.3 is 14.4 Å². The summed E-state index contributed by atoms with van der Waals surface area (Å²) in [7, 11) is 0. The Balaban J connectivity index is 1.52. The molecule has 2 heterocycles. The van der Waals surface area contributed by atoms with Crippen LogP contribution in [0.4, 0.5) is 5.69 Å². The number of nitro benzene ring substituents is 1. The first kappa shape index (κ1) is 15.9. The predicted octanol–water partition coefficient (Wildman–Crippen LogP) is 1.75. The molecule has 1 amide bonds. The lowest BCUT2D eigenvalue weighted by Gasteiger charge is -2.54. The van der Waals surface area contributed by atoms with Gasteiger partial charge in [0.05, 0.1) is 30.0 Å². The summed E-state index contributed by atoms with van der Waals surface area (Å²) in [6.45, 7) is 6.23. The van der Waals surface area contributed by atoms with Gasteiger partial charge in [0.15, 0.2) is 5.79 Å². The predicted molar refractivity (Wildman–Crippen MR) is 81.8 cm³/mol. The number of rotatable bonds is 3. The summed E-state index contributed by atoms with van der Waals surface area (Å²) in [6, 6.07) is 6.10. The van der Waals surface area contributed by atoms with Crippen molar-refractivity contribution in [2.45, 2.75) is 26.1 Å². The molecular weight excluding hydrogens is 300 g/mol. The van der Waals surface area contributed by atoms with Crippen molar-refractivity contribution < 1.29 is 19.2 Å². The summed E-state index contributed by atoms with van der Waals surface area (Å²) < 4.78 is 11.4. The summed E-state index contributed by atoms with van der Waals surface area (Å²) in [6.07, 6.45) is 0.251. The van der Waals surface area contributed by atoms with Crippen molar-refractivity contribution in [1.29, 1.82) is 0 Å². The number of nitrogens with zero attached hydrogens (tertiary/aromatic N) is 2. The quantitative estimate of drug-likeness (QED) is 0.626. The van der Waals surface area contributed by atoms with Gasteiger partial charge in [-0.05, 0) is 19.4 Å². The van der Waals surface area contributed by atoms with Gasteiger partial charge in [-0.25, -0.2) is 0 Å². The van der Waals surface area contributed by atoms with Crippen LogP contribution in [0.15, 0.2) is 24.3 Å². The van der Waals surface area contributed by atoms with Crippen LogP contribution in [0.2, 0.25) is 0 Å². The van der Waals surface area contributed by atoms with Crippen LogP contribution >= 0.6 is 0 Å². The number of ether oxygens (including phenoxy) is 2. The molecule has 0 unspecified atom stereocenters. The second-order valence-corrected chi connectivity index (χ2v) is 6.83. The molecule has 0 aromatic heterocycles. The molecule has 23 heavy (non-hydrogen) atoms. The molecule has 0 N–H and O–H groups in total. The molecule has 0 atom stereocenters. The topological polar surface area (TPSA) is 81.9 Å². The number of non-ortho nitro benzene ring substituents is 1. The molecule has 2 fully saturated rings. The molecule has 124 valence electrons. The molecule has 2 saturated heterocycles. The third kappa shape index (κ3) is 3.35. The Labute approximate surface area is 134 Å². The second kappa shape index (κ2) is 5.58. The van der Waals surface area contributed by atoms with Gasteiger partial charge in [-0.3, -0.25) is 14.9 Å². The first-order valence-corrected chi connectivity index (χ1v) is 7.58. The second-order valence-electron chi connectivity index (χ2n) is 6.83. The van der Waals surface area contributed by atoms with Crippen molar-refractivity contribution in [2.75, 3.05) is 26.3 Å².